The molecule has 1 N–H and O–H groups in total. The Bertz CT molecular complexity index is 1010. The SMILES string of the molecule is COC(=O)c1c(NC(=O)c2cccc(Cl)c2)sc(C)c1-c1ccc(F)cc1. The number of halogens is 2. The van der Waals surface area contributed by atoms with Crippen molar-refractivity contribution in [2.45, 2.75) is 6.92 Å². The van der Waals surface area contributed by atoms with Gasteiger partial charge in [0.1, 0.15) is 16.4 Å². The van der Waals surface area contributed by atoms with E-state index in [1.807, 2.05) is 6.92 Å². The van der Waals surface area contributed by atoms with Crippen molar-refractivity contribution in [3.8, 4) is 11.1 Å². The molecule has 3 aromatic rings. The summed E-state index contributed by atoms with van der Waals surface area (Å²) in [5, 5.41) is 3.56. The number of carbonyl (C=O) groups excluding carboxylic acids is 2. The van der Waals surface area contributed by atoms with E-state index in [-0.39, 0.29) is 11.4 Å². The number of aryl methyl sites for hydroxylation is 1. The highest BCUT2D eigenvalue weighted by Crippen LogP contribution is 2.40. The molecule has 7 heteroatoms. The third kappa shape index (κ3) is 4.02. The van der Waals surface area contributed by atoms with Crippen molar-refractivity contribution in [3.05, 3.63) is 75.4 Å². The molecule has 0 atom stereocenters. The number of methoxy groups -OCH3 is 1. The number of anilines is 1. The molecule has 1 aromatic heterocycles. The van der Waals surface area contributed by atoms with Crippen LogP contribution < -0.4 is 5.32 Å². The van der Waals surface area contributed by atoms with Crippen LogP contribution in [0.1, 0.15) is 25.6 Å². The summed E-state index contributed by atoms with van der Waals surface area (Å²) in [6.45, 7) is 1.82. The Hall–Kier alpha value is -2.70. The molecule has 1 amide bonds. The minimum Gasteiger partial charge on any atom is -0.465 e. The molecule has 0 bridgehead atoms. The van der Waals surface area contributed by atoms with Crippen LogP contribution in [0.4, 0.5) is 9.39 Å². The number of rotatable bonds is 4. The van der Waals surface area contributed by atoms with Crippen molar-refractivity contribution in [2.24, 2.45) is 0 Å². The molecule has 1 heterocycles. The zero-order chi connectivity index (χ0) is 19.6. The molecule has 0 spiro atoms. The van der Waals surface area contributed by atoms with E-state index >= 15 is 0 Å². The first-order valence-electron chi connectivity index (χ1n) is 7.95. The molecule has 4 nitrogen and oxygen atoms in total. The van der Waals surface area contributed by atoms with E-state index in [0.29, 0.717) is 26.7 Å². The first-order valence-corrected chi connectivity index (χ1v) is 9.14. The molecule has 0 fully saturated rings. The zero-order valence-corrected chi connectivity index (χ0v) is 16.1. The molecule has 0 aliphatic carbocycles. The fraction of sp³-hybridized carbons (Fsp3) is 0.100. The van der Waals surface area contributed by atoms with E-state index in [2.05, 4.69) is 5.32 Å². The van der Waals surface area contributed by atoms with E-state index in [0.717, 1.165) is 4.88 Å². The Morgan fingerprint density at radius 1 is 1.15 bits per heavy atom. The summed E-state index contributed by atoms with van der Waals surface area (Å²) < 4.78 is 18.2. The molecule has 138 valence electrons. The number of hydrogen-bond donors (Lipinski definition) is 1. The molecule has 0 aliphatic heterocycles. The Morgan fingerprint density at radius 3 is 2.48 bits per heavy atom. The van der Waals surface area contributed by atoms with Gasteiger partial charge in [-0.1, -0.05) is 29.8 Å². The average molecular weight is 404 g/mol. The van der Waals surface area contributed by atoms with Crippen LogP contribution in [0.3, 0.4) is 0 Å². The highest BCUT2D eigenvalue weighted by Gasteiger charge is 2.25. The summed E-state index contributed by atoms with van der Waals surface area (Å²) in [4.78, 5) is 25.8. The van der Waals surface area contributed by atoms with Gasteiger partial charge in [0.25, 0.3) is 5.91 Å². The van der Waals surface area contributed by atoms with Crippen LogP contribution in [-0.2, 0) is 4.74 Å². The van der Waals surface area contributed by atoms with Crippen LogP contribution in [0.25, 0.3) is 11.1 Å². The maximum absolute atomic E-state index is 13.3. The topological polar surface area (TPSA) is 55.4 Å². The van der Waals surface area contributed by atoms with E-state index in [9.17, 15) is 14.0 Å². The summed E-state index contributed by atoms with van der Waals surface area (Å²) in [5.41, 5.74) is 1.87. The molecular weight excluding hydrogens is 389 g/mol. The van der Waals surface area contributed by atoms with Crippen LogP contribution in [-0.4, -0.2) is 19.0 Å². The molecule has 0 aliphatic rings. The summed E-state index contributed by atoms with van der Waals surface area (Å²) in [6.07, 6.45) is 0. The van der Waals surface area contributed by atoms with Crippen LogP contribution in [0.2, 0.25) is 5.02 Å². The van der Waals surface area contributed by atoms with E-state index < -0.39 is 11.9 Å². The van der Waals surface area contributed by atoms with Gasteiger partial charge in [-0.15, -0.1) is 11.3 Å². The van der Waals surface area contributed by atoms with Crippen LogP contribution in [0.5, 0.6) is 0 Å². The zero-order valence-electron chi connectivity index (χ0n) is 14.5. The molecule has 0 unspecified atom stereocenters. The molecule has 27 heavy (non-hydrogen) atoms. The van der Waals surface area contributed by atoms with Crippen molar-refractivity contribution in [1.82, 2.24) is 0 Å². The quantitative estimate of drug-likeness (QED) is 0.580. The standard InChI is InChI=1S/C20H15ClFNO3S/c1-11-16(12-6-8-15(22)9-7-12)17(20(25)26-2)19(27-11)23-18(24)13-4-3-5-14(21)10-13/h3-10H,1-2H3,(H,23,24). The smallest absolute Gasteiger partial charge is 0.341 e. The minimum absolute atomic E-state index is 0.238. The maximum atomic E-state index is 13.3. The third-order valence-electron chi connectivity index (χ3n) is 3.92. The molecule has 2 aromatic carbocycles. The molecule has 0 saturated heterocycles. The predicted octanol–water partition coefficient (Wildman–Crippen LogP) is 5.55. The Kier molecular flexibility index (Phi) is 5.58. The lowest BCUT2D eigenvalue weighted by Gasteiger charge is -2.08. The number of hydrogen-bond acceptors (Lipinski definition) is 4. The highest BCUT2D eigenvalue weighted by atomic mass is 35.5. The number of benzene rings is 2. The maximum Gasteiger partial charge on any atom is 0.341 e. The van der Waals surface area contributed by atoms with Gasteiger partial charge in [0, 0.05) is 21.0 Å². The number of amides is 1. The van der Waals surface area contributed by atoms with Crippen molar-refractivity contribution < 1.29 is 18.7 Å². The monoisotopic (exact) mass is 403 g/mol. The van der Waals surface area contributed by atoms with Gasteiger partial charge >= 0.3 is 5.97 Å². The lowest BCUT2D eigenvalue weighted by molar-refractivity contribution is 0.0603. The molecule has 0 saturated carbocycles. The van der Waals surface area contributed by atoms with Crippen molar-refractivity contribution >= 4 is 39.8 Å². The van der Waals surface area contributed by atoms with E-state index in [1.165, 1.54) is 36.6 Å². The van der Waals surface area contributed by atoms with Gasteiger partial charge in [-0.25, -0.2) is 9.18 Å². The van der Waals surface area contributed by atoms with E-state index in [1.54, 1.807) is 30.3 Å². The number of carbonyl (C=O) groups is 2. The lowest BCUT2D eigenvalue weighted by atomic mass is 10.0. The first-order chi connectivity index (χ1) is 12.9. The van der Waals surface area contributed by atoms with Gasteiger partial charge in [-0.2, -0.15) is 0 Å². The number of nitrogens with one attached hydrogen (secondary N) is 1. The van der Waals surface area contributed by atoms with Crippen LogP contribution in [0, 0.1) is 12.7 Å². The van der Waals surface area contributed by atoms with Crippen LogP contribution in [0.15, 0.2) is 48.5 Å². The highest BCUT2D eigenvalue weighted by molar-refractivity contribution is 7.17. The lowest BCUT2D eigenvalue weighted by Crippen LogP contribution is -2.14. The number of thiophene rings is 1. The van der Waals surface area contributed by atoms with Crippen LogP contribution >= 0.6 is 22.9 Å². The minimum atomic E-state index is -0.583. The van der Waals surface area contributed by atoms with Gasteiger partial charge < -0.3 is 10.1 Å². The largest absolute Gasteiger partial charge is 0.465 e. The summed E-state index contributed by atoms with van der Waals surface area (Å²) in [6, 6.07) is 12.3. The Morgan fingerprint density at radius 2 is 1.85 bits per heavy atom. The van der Waals surface area contributed by atoms with Crippen molar-refractivity contribution in [2.75, 3.05) is 12.4 Å². The van der Waals surface area contributed by atoms with Crippen molar-refractivity contribution in [1.29, 1.82) is 0 Å². The fourth-order valence-corrected chi connectivity index (χ4v) is 3.95. The van der Waals surface area contributed by atoms with Gasteiger partial charge in [-0.05, 0) is 42.8 Å². The Labute approximate surface area is 164 Å². The first kappa shape index (κ1) is 19.1. The van der Waals surface area contributed by atoms with Gasteiger partial charge in [-0.3, -0.25) is 4.79 Å². The van der Waals surface area contributed by atoms with Gasteiger partial charge in [0.05, 0.1) is 7.11 Å². The molecular formula is C20H15ClFNO3S. The number of esters is 1. The van der Waals surface area contributed by atoms with Crippen molar-refractivity contribution in [3.63, 3.8) is 0 Å². The van der Waals surface area contributed by atoms with E-state index in [4.69, 9.17) is 16.3 Å². The summed E-state index contributed by atoms with van der Waals surface area (Å²) >= 11 is 7.19. The summed E-state index contributed by atoms with van der Waals surface area (Å²) in [5.74, 6) is -1.35. The second-order valence-corrected chi connectivity index (χ2v) is 7.36. The molecule has 3 rings (SSSR count). The van der Waals surface area contributed by atoms with Gasteiger partial charge in [0.15, 0.2) is 0 Å². The second kappa shape index (κ2) is 7.90. The van der Waals surface area contributed by atoms with Gasteiger partial charge in [0.2, 0.25) is 0 Å². The summed E-state index contributed by atoms with van der Waals surface area (Å²) in [7, 11) is 1.27. The average Bonchev–Trinajstić information content (AvgIpc) is 2.97. The normalized spacial score (nSPS) is 10.5. The predicted molar refractivity (Wildman–Crippen MR) is 105 cm³/mol. The number of ether oxygens (including phenoxy) is 1. The second-order valence-electron chi connectivity index (χ2n) is 5.70. The Balaban J connectivity index is 2.05. The molecule has 0 radical (unpaired) electrons. The third-order valence-corrected chi connectivity index (χ3v) is 5.18. The fourth-order valence-electron chi connectivity index (χ4n) is 2.70.